The first-order valence-corrected chi connectivity index (χ1v) is 6.70. The summed E-state index contributed by atoms with van der Waals surface area (Å²) in [5, 5.41) is 0. The molecule has 1 aromatic rings. The van der Waals surface area contributed by atoms with E-state index in [0.29, 0.717) is 19.5 Å². The van der Waals surface area contributed by atoms with E-state index in [0.717, 1.165) is 17.7 Å². The molecule has 0 aliphatic heterocycles. The van der Waals surface area contributed by atoms with Crippen LogP contribution in [-0.2, 0) is 4.79 Å². The molecule has 0 saturated heterocycles. The number of rotatable bonds is 6. The number of benzene rings is 1. The lowest BCUT2D eigenvalue weighted by Crippen LogP contribution is -2.33. The quantitative estimate of drug-likeness (QED) is 0.841. The van der Waals surface area contributed by atoms with Crippen LogP contribution < -0.4 is 10.6 Å². The highest BCUT2D eigenvalue weighted by atomic mass is 16.2. The number of nitrogens with zero attached hydrogens (tertiary/aromatic N) is 1. The molecular formula is C15H24N2O. The van der Waals surface area contributed by atoms with Gasteiger partial charge >= 0.3 is 0 Å². The van der Waals surface area contributed by atoms with Gasteiger partial charge in [0.05, 0.1) is 0 Å². The van der Waals surface area contributed by atoms with E-state index in [4.69, 9.17) is 5.73 Å². The summed E-state index contributed by atoms with van der Waals surface area (Å²) in [4.78, 5) is 14.2. The molecule has 0 heterocycles. The van der Waals surface area contributed by atoms with Gasteiger partial charge in [0.25, 0.3) is 0 Å². The van der Waals surface area contributed by atoms with E-state index < -0.39 is 0 Å². The Morgan fingerprint density at radius 1 is 1.33 bits per heavy atom. The highest BCUT2D eigenvalue weighted by molar-refractivity contribution is 5.94. The molecule has 0 spiro atoms. The monoisotopic (exact) mass is 248 g/mol. The Morgan fingerprint density at radius 2 is 2.00 bits per heavy atom. The van der Waals surface area contributed by atoms with Crippen LogP contribution in [0.4, 0.5) is 5.69 Å². The molecule has 0 bridgehead atoms. The molecule has 1 unspecified atom stereocenters. The minimum atomic E-state index is 0.170. The van der Waals surface area contributed by atoms with Gasteiger partial charge in [-0.2, -0.15) is 0 Å². The normalized spacial score (nSPS) is 12.2. The number of nitrogens with two attached hydrogens (primary N) is 1. The SMILES string of the molecule is CCC(CN)CC(=O)N(CC)c1ccccc1C. The molecule has 1 amide bonds. The van der Waals surface area contributed by atoms with E-state index in [1.54, 1.807) is 0 Å². The van der Waals surface area contributed by atoms with E-state index in [2.05, 4.69) is 6.92 Å². The molecule has 1 aromatic carbocycles. The van der Waals surface area contributed by atoms with Crippen LogP contribution in [0.1, 0.15) is 32.3 Å². The highest BCUT2D eigenvalue weighted by Gasteiger charge is 2.18. The Kier molecular flexibility index (Phi) is 5.86. The van der Waals surface area contributed by atoms with Crippen molar-refractivity contribution in [1.82, 2.24) is 0 Å². The largest absolute Gasteiger partial charge is 0.330 e. The number of hydrogen-bond acceptors (Lipinski definition) is 2. The third-order valence-electron chi connectivity index (χ3n) is 3.40. The predicted octanol–water partition coefficient (Wildman–Crippen LogP) is 2.72. The maximum atomic E-state index is 12.3. The van der Waals surface area contributed by atoms with Crippen LogP contribution in [0.25, 0.3) is 0 Å². The zero-order chi connectivity index (χ0) is 13.5. The third kappa shape index (κ3) is 3.57. The van der Waals surface area contributed by atoms with Crippen molar-refractivity contribution in [3.63, 3.8) is 0 Å². The van der Waals surface area contributed by atoms with Crippen molar-refractivity contribution in [2.75, 3.05) is 18.0 Å². The molecule has 0 radical (unpaired) electrons. The smallest absolute Gasteiger partial charge is 0.227 e. The minimum absolute atomic E-state index is 0.170. The molecule has 1 atom stereocenters. The maximum Gasteiger partial charge on any atom is 0.227 e. The molecule has 3 heteroatoms. The molecule has 0 aliphatic rings. The fraction of sp³-hybridized carbons (Fsp3) is 0.533. The van der Waals surface area contributed by atoms with Crippen LogP contribution in [0.2, 0.25) is 0 Å². The first-order valence-electron chi connectivity index (χ1n) is 6.70. The topological polar surface area (TPSA) is 46.3 Å². The number of carbonyl (C=O) groups excluding carboxylic acids is 1. The fourth-order valence-corrected chi connectivity index (χ4v) is 2.10. The van der Waals surface area contributed by atoms with Gasteiger partial charge in [0.2, 0.25) is 5.91 Å². The Hall–Kier alpha value is -1.35. The Balaban J connectivity index is 2.84. The van der Waals surface area contributed by atoms with E-state index in [9.17, 15) is 4.79 Å². The van der Waals surface area contributed by atoms with Gasteiger partial charge in [-0.05, 0) is 37.9 Å². The summed E-state index contributed by atoms with van der Waals surface area (Å²) < 4.78 is 0. The summed E-state index contributed by atoms with van der Waals surface area (Å²) in [6, 6.07) is 8.00. The van der Waals surface area contributed by atoms with E-state index in [1.165, 1.54) is 0 Å². The average Bonchev–Trinajstić information content (AvgIpc) is 2.39. The zero-order valence-corrected chi connectivity index (χ0v) is 11.6. The van der Waals surface area contributed by atoms with Gasteiger partial charge in [-0.1, -0.05) is 31.5 Å². The van der Waals surface area contributed by atoms with E-state index in [1.807, 2.05) is 43.0 Å². The van der Waals surface area contributed by atoms with Gasteiger partial charge in [-0.15, -0.1) is 0 Å². The fourth-order valence-electron chi connectivity index (χ4n) is 2.10. The van der Waals surface area contributed by atoms with Crippen molar-refractivity contribution < 1.29 is 4.79 Å². The summed E-state index contributed by atoms with van der Waals surface area (Å²) in [6.45, 7) is 7.40. The van der Waals surface area contributed by atoms with Gasteiger partial charge in [0.1, 0.15) is 0 Å². The van der Waals surface area contributed by atoms with Crippen LogP contribution >= 0.6 is 0 Å². The maximum absolute atomic E-state index is 12.3. The van der Waals surface area contributed by atoms with Gasteiger partial charge in [0, 0.05) is 18.7 Å². The second-order valence-electron chi connectivity index (χ2n) is 4.64. The number of anilines is 1. The second-order valence-corrected chi connectivity index (χ2v) is 4.64. The molecule has 2 N–H and O–H groups in total. The number of para-hydroxylation sites is 1. The van der Waals surface area contributed by atoms with Crippen LogP contribution in [0.3, 0.4) is 0 Å². The average molecular weight is 248 g/mol. The zero-order valence-electron chi connectivity index (χ0n) is 11.6. The summed E-state index contributed by atoms with van der Waals surface area (Å²) in [5.41, 5.74) is 7.81. The summed E-state index contributed by atoms with van der Waals surface area (Å²) >= 11 is 0. The standard InChI is InChI=1S/C15H24N2O/c1-4-13(11-16)10-15(18)17(5-2)14-9-7-6-8-12(14)3/h6-9,13H,4-5,10-11,16H2,1-3H3. The van der Waals surface area contributed by atoms with Gasteiger partial charge in [0.15, 0.2) is 0 Å². The molecule has 1 rings (SSSR count). The summed E-state index contributed by atoms with van der Waals surface area (Å²) in [7, 11) is 0. The lowest BCUT2D eigenvalue weighted by molar-refractivity contribution is -0.119. The molecule has 0 fully saturated rings. The molecule has 0 aliphatic carbocycles. The highest BCUT2D eigenvalue weighted by Crippen LogP contribution is 2.21. The summed E-state index contributed by atoms with van der Waals surface area (Å²) in [5.74, 6) is 0.458. The van der Waals surface area contributed by atoms with Gasteiger partial charge in [-0.3, -0.25) is 4.79 Å². The lowest BCUT2D eigenvalue weighted by Gasteiger charge is -2.24. The number of carbonyl (C=O) groups is 1. The van der Waals surface area contributed by atoms with Crippen LogP contribution in [0.15, 0.2) is 24.3 Å². The van der Waals surface area contributed by atoms with Crippen LogP contribution in [-0.4, -0.2) is 19.0 Å². The minimum Gasteiger partial charge on any atom is -0.330 e. The third-order valence-corrected chi connectivity index (χ3v) is 3.40. The molecule has 18 heavy (non-hydrogen) atoms. The van der Waals surface area contributed by atoms with Gasteiger partial charge in [-0.25, -0.2) is 0 Å². The molecule has 0 aromatic heterocycles. The molecule has 3 nitrogen and oxygen atoms in total. The lowest BCUT2D eigenvalue weighted by atomic mass is 10.0. The number of amides is 1. The van der Waals surface area contributed by atoms with Crippen molar-refractivity contribution >= 4 is 11.6 Å². The first kappa shape index (κ1) is 14.7. The van der Waals surface area contributed by atoms with Crippen molar-refractivity contribution in [2.45, 2.75) is 33.6 Å². The molecule has 0 saturated carbocycles. The predicted molar refractivity (Wildman–Crippen MR) is 76.7 cm³/mol. The second kappa shape index (κ2) is 7.17. The first-order chi connectivity index (χ1) is 8.63. The number of hydrogen-bond donors (Lipinski definition) is 1. The van der Waals surface area contributed by atoms with E-state index >= 15 is 0 Å². The molecular weight excluding hydrogens is 224 g/mol. The van der Waals surface area contributed by atoms with Gasteiger partial charge < -0.3 is 10.6 Å². The molecule has 100 valence electrons. The Labute approximate surface area is 110 Å². The van der Waals surface area contributed by atoms with Crippen LogP contribution in [0.5, 0.6) is 0 Å². The van der Waals surface area contributed by atoms with Crippen molar-refractivity contribution in [3.05, 3.63) is 29.8 Å². The summed E-state index contributed by atoms with van der Waals surface area (Å²) in [6.07, 6.45) is 1.49. The van der Waals surface area contributed by atoms with Crippen molar-refractivity contribution in [3.8, 4) is 0 Å². The van der Waals surface area contributed by atoms with E-state index in [-0.39, 0.29) is 11.8 Å². The van der Waals surface area contributed by atoms with Crippen molar-refractivity contribution in [1.29, 1.82) is 0 Å². The van der Waals surface area contributed by atoms with Crippen molar-refractivity contribution in [2.24, 2.45) is 11.7 Å². The Bertz CT molecular complexity index is 386. The number of aryl methyl sites for hydroxylation is 1. The Morgan fingerprint density at radius 3 is 2.50 bits per heavy atom. The van der Waals surface area contributed by atoms with Crippen LogP contribution in [0, 0.1) is 12.8 Å².